The summed E-state index contributed by atoms with van der Waals surface area (Å²) in [5.74, 6) is 1.09. The Morgan fingerprint density at radius 2 is 1.92 bits per heavy atom. The van der Waals surface area contributed by atoms with E-state index in [1.807, 2.05) is 54.4 Å². The number of aryl methyl sites for hydroxylation is 1. The first-order chi connectivity index (χ1) is 11.7. The predicted molar refractivity (Wildman–Crippen MR) is 99.0 cm³/mol. The van der Waals surface area contributed by atoms with Crippen LogP contribution < -0.4 is 0 Å². The van der Waals surface area contributed by atoms with Crippen molar-refractivity contribution in [2.75, 3.05) is 19.4 Å². The van der Waals surface area contributed by atoms with E-state index in [1.165, 1.54) is 5.56 Å². The number of hydrogen-bond acceptors (Lipinski definition) is 3. The lowest BCUT2D eigenvalue weighted by atomic mass is 9.98. The highest BCUT2D eigenvalue weighted by Crippen LogP contribution is 2.39. The first-order valence-electron chi connectivity index (χ1n) is 8.34. The molecular weight excluding hydrogens is 318 g/mol. The minimum absolute atomic E-state index is 0.0611. The first-order valence-corrected chi connectivity index (χ1v) is 9.39. The third-order valence-corrected chi connectivity index (χ3v) is 5.85. The number of aliphatic hydroxyl groups is 1. The number of benzene rings is 2. The number of carbonyl (C=O) groups is 1. The maximum absolute atomic E-state index is 13.2. The van der Waals surface area contributed by atoms with E-state index in [1.54, 1.807) is 11.8 Å². The average Bonchev–Trinajstić information content (AvgIpc) is 2.65. The van der Waals surface area contributed by atoms with Crippen LogP contribution in [0.4, 0.5) is 0 Å². The zero-order valence-corrected chi connectivity index (χ0v) is 14.7. The number of hydrogen-bond donors (Lipinski definition) is 1. The predicted octanol–water partition coefficient (Wildman–Crippen LogP) is 3.60. The highest BCUT2D eigenvalue weighted by atomic mass is 32.2. The van der Waals surface area contributed by atoms with Crippen molar-refractivity contribution in [3.8, 4) is 0 Å². The van der Waals surface area contributed by atoms with Gasteiger partial charge in [-0.25, -0.2) is 0 Å². The molecule has 126 valence electrons. The Bertz CT molecular complexity index is 689. The Kier molecular flexibility index (Phi) is 5.59. The van der Waals surface area contributed by atoms with E-state index in [0.29, 0.717) is 6.42 Å². The number of thioether (sulfide) groups is 1. The number of nitrogens with zero attached hydrogens (tertiary/aromatic N) is 1. The van der Waals surface area contributed by atoms with Gasteiger partial charge in [0.2, 0.25) is 5.91 Å². The van der Waals surface area contributed by atoms with Gasteiger partial charge in [0.1, 0.15) is 5.25 Å². The number of carbonyl (C=O) groups excluding carboxylic acids is 1. The third kappa shape index (κ3) is 3.50. The summed E-state index contributed by atoms with van der Waals surface area (Å²) in [5.41, 5.74) is 3.49. The molecule has 0 fully saturated rings. The van der Waals surface area contributed by atoms with Gasteiger partial charge >= 0.3 is 0 Å². The van der Waals surface area contributed by atoms with E-state index < -0.39 is 0 Å². The maximum atomic E-state index is 13.2. The molecule has 0 saturated carbocycles. The molecule has 0 aromatic heterocycles. The van der Waals surface area contributed by atoms with Gasteiger partial charge in [0.05, 0.1) is 6.04 Å². The number of fused-ring (bicyclic) bond motifs is 1. The Morgan fingerprint density at radius 1 is 1.21 bits per heavy atom. The maximum Gasteiger partial charge on any atom is 0.240 e. The Hall–Kier alpha value is -1.78. The van der Waals surface area contributed by atoms with Gasteiger partial charge in [-0.2, -0.15) is 0 Å². The normalized spacial score (nSPS) is 17.8. The second-order valence-corrected chi connectivity index (χ2v) is 7.30. The lowest BCUT2D eigenvalue weighted by Crippen LogP contribution is -2.36. The van der Waals surface area contributed by atoms with Crippen molar-refractivity contribution in [1.82, 2.24) is 4.90 Å². The molecule has 1 aliphatic heterocycles. The Labute approximate surface area is 147 Å². The molecule has 0 aliphatic carbocycles. The second kappa shape index (κ2) is 7.86. The van der Waals surface area contributed by atoms with Gasteiger partial charge in [-0.05, 0) is 35.3 Å². The van der Waals surface area contributed by atoms with E-state index in [-0.39, 0.29) is 23.8 Å². The van der Waals surface area contributed by atoms with Crippen LogP contribution in [0, 0.1) is 0 Å². The average molecular weight is 341 g/mol. The van der Waals surface area contributed by atoms with Crippen molar-refractivity contribution in [2.24, 2.45) is 0 Å². The second-order valence-electron chi connectivity index (χ2n) is 6.09. The minimum Gasteiger partial charge on any atom is -0.396 e. The van der Waals surface area contributed by atoms with Crippen LogP contribution in [-0.4, -0.2) is 35.3 Å². The van der Waals surface area contributed by atoms with E-state index in [2.05, 4.69) is 12.1 Å². The fourth-order valence-corrected chi connectivity index (χ4v) is 4.61. The molecule has 24 heavy (non-hydrogen) atoms. The van der Waals surface area contributed by atoms with E-state index in [4.69, 9.17) is 0 Å². The summed E-state index contributed by atoms with van der Waals surface area (Å²) in [6, 6.07) is 18.1. The number of likely N-dealkylation sites (N-methyl/N-ethyl adjacent to an activating group) is 1. The van der Waals surface area contributed by atoms with Crippen LogP contribution in [0.3, 0.4) is 0 Å². The quantitative estimate of drug-likeness (QED) is 0.903. The summed E-state index contributed by atoms with van der Waals surface area (Å²) in [6.45, 7) is 0.0611. The van der Waals surface area contributed by atoms with Crippen LogP contribution in [0.15, 0.2) is 54.6 Å². The molecule has 3 nitrogen and oxygen atoms in total. The van der Waals surface area contributed by atoms with Gasteiger partial charge in [0, 0.05) is 13.7 Å². The lowest BCUT2D eigenvalue weighted by Gasteiger charge is -2.33. The van der Waals surface area contributed by atoms with Gasteiger partial charge < -0.3 is 10.0 Å². The number of amides is 1. The molecule has 1 N–H and O–H groups in total. The molecule has 3 rings (SSSR count). The van der Waals surface area contributed by atoms with Gasteiger partial charge in [0.15, 0.2) is 0 Å². The summed E-state index contributed by atoms with van der Waals surface area (Å²) in [7, 11) is 1.85. The van der Waals surface area contributed by atoms with Crippen molar-refractivity contribution >= 4 is 17.7 Å². The Morgan fingerprint density at radius 3 is 2.67 bits per heavy atom. The summed E-state index contributed by atoms with van der Waals surface area (Å²) < 4.78 is 0. The highest BCUT2D eigenvalue weighted by Gasteiger charge is 2.32. The monoisotopic (exact) mass is 341 g/mol. The van der Waals surface area contributed by atoms with Crippen molar-refractivity contribution in [3.63, 3.8) is 0 Å². The van der Waals surface area contributed by atoms with Gasteiger partial charge in [0.25, 0.3) is 0 Å². The summed E-state index contributed by atoms with van der Waals surface area (Å²) in [4.78, 5) is 15.0. The zero-order chi connectivity index (χ0) is 16.9. The SMILES string of the molecule is CN(C(=O)C1SCCc2ccccc21)C(CCO)c1ccccc1. The van der Waals surface area contributed by atoms with Crippen LogP contribution >= 0.6 is 11.8 Å². The Balaban J connectivity index is 1.86. The molecule has 2 unspecified atom stereocenters. The van der Waals surface area contributed by atoms with Crippen molar-refractivity contribution < 1.29 is 9.90 Å². The smallest absolute Gasteiger partial charge is 0.240 e. The summed E-state index contributed by atoms with van der Waals surface area (Å²) >= 11 is 1.72. The van der Waals surface area contributed by atoms with E-state index in [9.17, 15) is 9.90 Å². The van der Waals surface area contributed by atoms with E-state index >= 15 is 0 Å². The van der Waals surface area contributed by atoms with E-state index in [0.717, 1.165) is 23.3 Å². The van der Waals surface area contributed by atoms with Crippen LogP contribution in [0.25, 0.3) is 0 Å². The van der Waals surface area contributed by atoms with Crippen LogP contribution in [0.5, 0.6) is 0 Å². The first kappa shape index (κ1) is 17.1. The largest absolute Gasteiger partial charge is 0.396 e. The summed E-state index contributed by atoms with van der Waals surface area (Å²) in [5, 5.41) is 9.31. The minimum atomic E-state index is -0.148. The molecule has 0 saturated heterocycles. The lowest BCUT2D eigenvalue weighted by molar-refractivity contribution is -0.132. The molecule has 1 heterocycles. The fraction of sp³-hybridized carbons (Fsp3) is 0.350. The molecule has 0 radical (unpaired) electrons. The van der Waals surface area contributed by atoms with Crippen molar-refractivity contribution in [3.05, 3.63) is 71.3 Å². The number of aliphatic hydroxyl groups excluding tert-OH is 1. The van der Waals surface area contributed by atoms with Crippen LogP contribution in [-0.2, 0) is 11.2 Å². The molecule has 0 spiro atoms. The highest BCUT2D eigenvalue weighted by molar-refractivity contribution is 8.00. The standard InChI is InChI=1S/C20H23NO2S/c1-21(18(11-13-22)16-8-3-2-4-9-16)20(23)19-17-10-6-5-7-15(17)12-14-24-19/h2-10,18-19,22H,11-14H2,1H3. The topological polar surface area (TPSA) is 40.5 Å². The van der Waals surface area contributed by atoms with Crippen molar-refractivity contribution in [1.29, 1.82) is 0 Å². The molecule has 2 aromatic rings. The molecule has 1 amide bonds. The molecule has 1 aliphatic rings. The molecular formula is C20H23NO2S. The van der Waals surface area contributed by atoms with Gasteiger partial charge in [-0.15, -0.1) is 11.8 Å². The van der Waals surface area contributed by atoms with Crippen LogP contribution in [0.2, 0.25) is 0 Å². The summed E-state index contributed by atoms with van der Waals surface area (Å²) in [6.07, 6.45) is 1.57. The third-order valence-electron chi connectivity index (χ3n) is 4.62. The molecule has 4 heteroatoms. The number of rotatable bonds is 5. The molecule has 0 bridgehead atoms. The van der Waals surface area contributed by atoms with Gasteiger partial charge in [-0.1, -0.05) is 54.6 Å². The van der Waals surface area contributed by atoms with Crippen molar-refractivity contribution in [2.45, 2.75) is 24.1 Å². The van der Waals surface area contributed by atoms with Crippen LogP contribution in [0.1, 0.15) is 34.4 Å². The molecule has 2 aromatic carbocycles. The zero-order valence-electron chi connectivity index (χ0n) is 13.9. The molecule has 2 atom stereocenters. The van der Waals surface area contributed by atoms with Gasteiger partial charge in [-0.3, -0.25) is 4.79 Å². The fourth-order valence-electron chi connectivity index (χ4n) is 3.32.